The van der Waals surface area contributed by atoms with Crippen molar-refractivity contribution in [3.63, 3.8) is 0 Å². The molecule has 0 spiro atoms. The van der Waals surface area contributed by atoms with E-state index in [-0.39, 0.29) is 18.2 Å². The summed E-state index contributed by atoms with van der Waals surface area (Å²) in [5, 5.41) is 13.7. The molecule has 5 nitrogen and oxygen atoms in total. The number of nitrogens with zero attached hydrogens (tertiary/aromatic N) is 1. The van der Waals surface area contributed by atoms with Crippen molar-refractivity contribution in [1.29, 1.82) is 5.26 Å². The topological polar surface area (TPSA) is 79.2 Å². The molecule has 0 radical (unpaired) electrons. The SMILES string of the molecule is COC(=O)c1ccc([C@H]2CC(=O)NC(SCc3ccccc3Cl)=C2C#N)cc1. The van der Waals surface area contributed by atoms with Gasteiger partial charge in [-0.05, 0) is 29.3 Å². The van der Waals surface area contributed by atoms with Crippen molar-refractivity contribution < 1.29 is 14.3 Å². The Morgan fingerprint density at radius 2 is 2.00 bits per heavy atom. The summed E-state index contributed by atoms with van der Waals surface area (Å²) >= 11 is 7.58. The number of thioether (sulfide) groups is 1. The first-order valence-electron chi connectivity index (χ1n) is 8.52. The molecule has 0 bridgehead atoms. The van der Waals surface area contributed by atoms with Crippen molar-refractivity contribution in [3.05, 3.63) is 80.8 Å². The van der Waals surface area contributed by atoms with Crippen molar-refractivity contribution in [2.24, 2.45) is 0 Å². The van der Waals surface area contributed by atoms with Crippen LogP contribution in [0, 0.1) is 11.3 Å². The number of ether oxygens (including phenoxy) is 1. The highest BCUT2D eigenvalue weighted by Gasteiger charge is 2.29. The van der Waals surface area contributed by atoms with Gasteiger partial charge in [0.25, 0.3) is 0 Å². The molecule has 28 heavy (non-hydrogen) atoms. The summed E-state index contributed by atoms with van der Waals surface area (Å²) in [6.07, 6.45) is 0.177. The Balaban J connectivity index is 1.87. The lowest BCUT2D eigenvalue weighted by atomic mass is 9.87. The lowest BCUT2D eigenvalue weighted by Crippen LogP contribution is -2.30. The average Bonchev–Trinajstić information content (AvgIpc) is 2.72. The van der Waals surface area contributed by atoms with Gasteiger partial charge >= 0.3 is 5.97 Å². The van der Waals surface area contributed by atoms with Crippen molar-refractivity contribution in [1.82, 2.24) is 5.32 Å². The van der Waals surface area contributed by atoms with E-state index in [1.807, 2.05) is 24.3 Å². The molecule has 142 valence electrons. The number of esters is 1. The number of rotatable bonds is 5. The number of benzene rings is 2. The highest BCUT2D eigenvalue weighted by Crippen LogP contribution is 2.37. The zero-order valence-corrected chi connectivity index (χ0v) is 16.6. The van der Waals surface area contributed by atoms with Gasteiger partial charge in [0.15, 0.2) is 0 Å². The molecule has 0 saturated carbocycles. The normalized spacial score (nSPS) is 16.3. The van der Waals surface area contributed by atoms with E-state index in [9.17, 15) is 14.9 Å². The van der Waals surface area contributed by atoms with E-state index in [1.54, 1.807) is 24.3 Å². The van der Waals surface area contributed by atoms with E-state index in [2.05, 4.69) is 11.4 Å². The first-order chi connectivity index (χ1) is 13.5. The molecule has 3 rings (SSSR count). The number of hydrogen-bond acceptors (Lipinski definition) is 5. The van der Waals surface area contributed by atoms with Crippen LogP contribution in [-0.4, -0.2) is 19.0 Å². The van der Waals surface area contributed by atoms with Crippen molar-refractivity contribution in [2.45, 2.75) is 18.1 Å². The van der Waals surface area contributed by atoms with Crippen molar-refractivity contribution in [3.8, 4) is 6.07 Å². The lowest BCUT2D eigenvalue weighted by Gasteiger charge is -2.25. The predicted molar refractivity (Wildman–Crippen MR) is 109 cm³/mol. The number of methoxy groups -OCH3 is 1. The summed E-state index contributed by atoms with van der Waals surface area (Å²) in [4.78, 5) is 23.9. The molecular weight excluding hydrogens is 396 g/mol. The number of nitrogens with one attached hydrogen (secondary N) is 1. The standard InChI is InChI=1S/C21H17ClN2O3S/c1-27-21(26)14-8-6-13(7-9-14)16-10-19(25)24-20(17(16)11-23)28-12-15-4-2-3-5-18(15)22/h2-9,16H,10,12H2,1H3,(H,24,25)/t16-/m1/s1. The van der Waals surface area contributed by atoms with Crippen LogP contribution in [0.1, 0.15) is 33.8 Å². The molecule has 2 aromatic carbocycles. The number of carbonyl (C=O) groups is 2. The second-order valence-electron chi connectivity index (χ2n) is 6.15. The van der Waals surface area contributed by atoms with Crippen molar-refractivity contribution in [2.75, 3.05) is 7.11 Å². The van der Waals surface area contributed by atoms with Crippen LogP contribution >= 0.6 is 23.4 Å². The molecule has 1 atom stereocenters. The monoisotopic (exact) mass is 412 g/mol. The molecule has 1 aliphatic rings. The first kappa shape index (κ1) is 20.0. The van der Waals surface area contributed by atoms with E-state index in [0.29, 0.717) is 26.9 Å². The maximum absolute atomic E-state index is 12.3. The Bertz CT molecular complexity index is 980. The summed E-state index contributed by atoms with van der Waals surface area (Å²) in [5.74, 6) is -0.407. The van der Waals surface area contributed by atoms with Crippen LogP contribution in [-0.2, 0) is 15.3 Å². The van der Waals surface area contributed by atoms with E-state index < -0.39 is 5.97 Å². The first-order valence-corrected chi connectivity index (χ1v) is 9.88. The number of nitriles is 1. The average molecular weight is 413 g/mol. The molecule has 0 aliphatic carbocycles. The lowest BCUT2D eigenvalue weighted by molar-refractivity contribution is -0.120. The third-order valence-electron chi connectivity index (χ3n) is 4.42. The molecule has 1 heterocycles. The maximum atomic E-state index is 12.3. The fourth-order valence-corrected chi connectivity index (χ4v) is 4.32. The van der Waals surface area contributed by atoms with Gasteiger partial charge < -0.3 is 10.1 Å². The Labute approximate surface area is 172 Å². The molecular formula is C21H17ClN2O3S. The highest BCUT2D eigenvalue weighted by atomic mass is 35.5. The fraction of sp³-hybridized carbons (Fsp3) is 0.190. The van der Waals surface area contributed by atoms with Gasteiger partial charge in [-0.15, -0.1) is 11.8 Å². The van der Waals surface area contributed by atoms with Gasteiger partial charge in [0.1, 0.15) is 0 Å². The van der Waals surface area contributed by atoms with Gasteiger partial charge in [-0.3, -0.25) is 4.79 Å². The molecule has 2 aromatic rings. The molecule has 1 aliphatic heterocycles. The van der Waals surface area contributed by atoms with Crippen LogP contribution < -0.4 is 5.32 Å². The number of carbonyl (C=O) groups excluding carboxylic acids is 2. The van der Waals surface area contributed by atoms with Crippen molar-refractivity contribution >= 4 is 35.2 Å². The molecule has 0 fully saturated rings. The second-order valence-corrected chi connectivity index (χ2v) is 7.55. The Morgan fingerprint density at radius 3 is 2.64 bits per heavy atom. The summed E-state index contributed by atoms with van der Waals surface area (Å²) in [5.41, 5.74) is 2.65. The second kappa shape index (κ2) is 8.96. The molecule has 1 amide bonds. The van der Waals surface area contributed by atoms with Crippen LogP contribution in [0.25, 0.3) is 0 Å². The van der Waals surface area contributed by atoms with Crippen LogP contribution in [0.2, 0.25) is 5.02 Å². The molecule has 0 saturated heterocycles. The Morgan fingerprint density at radius 1 is 1.29 bits per heavy atom. The number of halogens is 1. The van der Waals surface area contributed by atoms with E-state index in [4.69, 9.17) is 16.3 Å². The zero-order chi connectivity index (χ0) is 20.1. The molecule has 7 heteroatoms. The minimum absolute atomic E-state index is 0.150. The minimum atomic E-state index is -0.431. The van der Waals surface area contributed by atoms with Gasteiger partial charge in [-0.2, -0.15) is 5.26 Å². The summed E-state index contributed by atoms with van der Waals surface area (Å²) in [6, 6.07) is 16.5. The molecule has 0 aromatic heterocycles. The third kappa shape index (κ3) is 4.38. The van der Waals surface area contributed by atoms with Gasteiger partial charge in [0.05, 0.1) is 29.3 Å². The Kier molecular flexibility index (Phi) is 6.40. The number of allylic oxidation sites excluding steroid dienone is 1. The van der Waals surface area contributed by atoms with Gasteiger partial charge in [0, 0.05) is 23.1 Å². The molecule has 1 N–H and O–H groups in total. The minimum Gasteiger partial charge on any atom is -0.465 e. The van der Waals surface area contributed by atoms with Crippen LogP contribution in [0.5, 0.6) is 0 Å². The number of hydrogen-bond donors (Lipinski definition) is 1. The van der Waals surface area contributed by atoms with E-state index in [0.717, 1.165) is 11.1 Å². The number of amides is 1. The van der Waals surface area contributed by atoms with Crippen LogP contribution in [0.3, 0.4) is 0 Å². The smallest absolute Gasteiger partial charge is 0.337 e. The quantitative estimate of drug-likeness (QED) is 0.736. The van der Waals surface area contributed by atoms with E-state index in [1.165, 1.54) is 18.9 Å². The van der Waals surface area contributed by atoms with Crippen LogP contribution in [0.4, 0.5) is 0 Å². The molecule has 0 unspecified atom stereocenters. The fourth-order valence-electron chi connectivity index (χ4n) is 2.95. The summed E-state index contributed by atoms with van der Waals surface area (Å²) in [6.45, 7) is 0. The van der Waals surface area contributed by atoms with Gasteiger partial charge in [-0.1, -0.05) is 41.9 Å². The Hall–Kier alpha value is -2.75. The highest BCUT2D eigenvalue weighted by molar-refractivity contribution is 8.02. The third-order valence-corrected chi connectivity index (χ3v) is 5.85. The summed E-state index contributed by atoms with van der Waals surface area (Å²) < 4.78 is 4.70. The zero-order valence-electron chi connectivity index (χ0n) is 15.1. The maximum Gasteiger partial charge on any atom is 0.337 e. The summed E-state index contributed by atoms with van der Waals surface area (Å²) in [7, 11) is 1.32. The predicted octanol–water partition coefficient (Wildman–Crippen LogP) is 4.40. The largest absolute Gasteiger partial charge is 0.465 e. The van der Waals surface area contributed by atoms with Crippen LogP contribution in [0.15, 0.2) is 59.1 Å². The van der Waals surface area contributed by atoms with Gasteiger partial charge in [-0.25, -0.2) is 4.79 Å². The van der Waals surface area contributed by atoms with E-state index >= 15 is 0 Å². The van der Waals surface area contributed by atoms with Gasteiger partial charge in [0.2, 0.25) is 5.91 Å².